The highest BCUT2D eigenvalue weighted by molar-refractivity contribution is 5.92. The second kappa shape index (κ2) is 6.88. The molecule has 7 heteroatoms. The molecule has 0 radical (unpaired) electrons. The van der Waals surface area contributed by atoms with Gasteiger partial charge in [-0.3, -0.25) is 4.68 Å². The van der Waals surface area contributed by atoms with E-state index < -0.39 is 17.7 Å². The first-order valence-corrected chi connectivity index (χ1v) is 9.22. The zero-order valence-corrected chi connectivity index (χ0v) is 15.4. The van der Waals surface area contributed by atoms with Gasteiger partial charge in [0, 0.05) is 35.9 Å². The third kappa shape index (κ3) is 3.27. The van der Waals surface area contributed by atoms with Crippen molar-refractivity contribution in [2.45, 2.75) is 45.9 Å². The monoisotopic (exact) mass is 372 g/mol. The maximum absolute atomic E-state index is 14.3. The highest BCUT2D eigenvalue weighted by atomic mass is 19.1. The Morgan fingerprint density at radius 1 is 1.19 bits per heavy atom. The van der Waals surface area contributed by atoms with Gasteiger partial charge in [0.25, 0.3) is 0 Å². The van der Waals surface area contributed by atoms with Gasteiger partial charge in [0.05, 0.1) is 24.0 Å². The standard InChI is InChI=1S/C20H22F2N4O/c1-3-19(27)17-10-14-11-25(5-4-6-26(14)24-17)18-7-12(2)23-20-15(18)8-13(21)9-16(20)22/h7-10,19,27H,3-6,11H2,1-2H3. The van der Waals surface area contributed by atoms with E-state index in [9.17, 15) is 13.9 Å². The SMILES string of the molecule is CCC(O)c1cc2n(n1)CCCN(c1cc(C)nc3c(F)cc(F)cc13)C2. The van der Waals surface area contributed by atoms with E-state index >= 15 is 0 Å². The van der Waals surface area contributed by atoms with E-state index in [0.29, 0.717) is 29.7 Å². The maximum Gasteiger partial charge on any atom is 0.152 e. The van der Waals surface area contributed by atoms with E-state index in [2.05, 4.69) is 15.0 Å². The van der Waals surface area contributed by atoms with Crippen molar-refractivity contribution in [3.05, 3.63) is 53.0 Å². The Bertz CT molecular complexity index is 1000. The summed E-state index contributed by atoms with van der Waals surface area (Å²) >= 11 is 0. The molecule has 1 N–H and O–H groups in total. The molecule has 1 atom stereocenters. The Balaban J connectivity index is 1.78. The minimum absolute atomic E-state index is 0.186. The van der Waals surface area contributed by atoms with Crippen molar-refractivity contribution in [2.24, 2.45) is 0 Å². The van der Waals surface area contributed by atoms with Gasteiger partial charge in [-0.1, -0.05) is 6.92 Å². The number of hydrogen-bond acceptors (Lipinski definition) is 4. The van der Waals surface area contributed by atoms with Gasteiger partial charge in [-0.05, 0) is 38.0 Å². The zero-order valence-electron chi connectivity index (χ0n) is 15.4. The van der Waals surface area contributed by atoms with Crippen molar-refractivity contribution in [2.75, 3.05) is 11.4 Å². The Morgan fingerprint density at radius 3 is 2.78 bits per heavy atom. The number of nitrogens with zero attached hydrogens (tertiary/aromatic N) is 4. The van der Waals surface area contributed by atoms with Gasteiger partial charge in [-0.25, -0.2) is 13.8 Å². The molecule has 27 heavy (non-hydrogen) atoms. The molecule has 142 valence electrons. The number of anilines is 1. The Labute approximate surface area is 156 Å². The summed E-state index contributed by atoms with van der Waals surface area (Å²) in [6.07, 6.45) is 0.870. The Morgan fingerprint density at radius 2 is 2.00 bits per heavy atom. The number of halogens is 2. The van der Waals surface area contributed by atoms with E-state index in [4.69, 9.17) is 0 Å². The molecule has 1 aromatic carbocycles. The number of fused-ring (bicyclic) bond motifs is 2. The summed E-state index contributed by atoms with van der Waals surface area (Å²) in [7, 11) is 0. The fourth-order valence-corrected chi connectivity index (χ4v) is 3.68. The molecule has 0 amide bonds. The lowest BCUT2D eigenvalue weighted by Gasteiger charge is -2.24. The molecule has 1 unspecified atom stereocenters. The molecule has 0 saturated carbocycles. The predicted molar refractivity (Wildman–Crippen MR) is 99.5 cm³/mol. The van der Waals surface area contributed by atoms with Gasteiger partial charge < -0.3 is 10.0 Å². The molecule has 1 aliphatic heterocycles. The molecule has 0 spiro atoms. The molecular formula is C20H22F2N4O. The van der Waals surface area contributed by atoms with Crippen molar-refractivity contribution >= 4 is 16.6 Å². The quantitative estimate of drug-likeness (QED) is 0.758. The molecule has 5 nitrogen and oxygen atoms in total. The number of aliphatic hydroxyl groups excluding tert-OH is 1. The van der Waals surface area contributed by atoms with Crippen molar-refractivity contribution in [1.29, 1.82) is 0 Å². The van der Waals surface area contributed by atoms with Crippen LogP contribution in [-0.4, -0.2) is 26.4 Å². The summed E-state index contributed by atoms with van der Waals surface area (Å²) in [5.41, 5.74) is 3.29. The summed E-state index contributed by atoms with van der Waals surface area (Å²) in [5, 5.41) is 15.1. The van der Waals surface area contributed by atoms with Crippen LogP contribution in [0.1, 0.15) is 43.0 Å². The summed E-state index contributed by atoms with van der Waals surface area (Å²) in [5.74, 6) is -1.26. The fraction of sp³-hybridized carbons (Fsp3) is 0.400. The van der Waals surface area contributed by atoms with E-state index in [1.165, 1.54) is 6.07 Å². The highest BCUT2D eigenvalue weighted by Gasteiger charge is 2.22. The minimum Gasteiger partial charge on any atom is -0.387 e. The van der Waals surface area contributed by atoms with Crippen molar-refractivity contribution < 1.29 is 13.9 Å². The van der Waals surface area contributed by atoms with Crippen LogP contribution in [0, 0.1) is 18.6 Å². The number of pyridine rings is 1. The van der Waals surface area contributed by atoms with E-state index in [0.717, 1.165) is 37.0 Å². The smallest absolute Gasteiger partial charge is 0.152 e. The van der Waals surface area contributed by atoms with Gasteiger partial charge in [-0.2, -0.15) is 5.10 Å². The Kier molecular flexibility index (Phi) is 4.55. The molecule has 3 heterocycles. The van der Waals surface area contributed by atoms with Gasteiger partial charge in [0.15, 0.2) is 5.82 Å². The average Bonchev–Trinajstić information content (AvgIpc) is 2.93. The first kappa shape index (κ1) is 17.9. The summed E-state index contributed by atoms with van der Waals surface area (Å²) in [6.45, 7) is 5.76. The second-order valence-corrected chi connectivity index (χ2v) is 7.05. The van der Waals surface area contributed by atoms with Crippen LogP contribution in [0.5, 0.6) is 0 Å². The molecule has 4 rings (SSSR count). The van der Waals surface area contributed by atoms with Gasteiger partial charge >= 0.3 is 0 Å². The number of aliphatic hydroxyl groups is 1. The number of aryl methyl sites for hydroxylation is 2. The molecule has 3 aromatic rings. The first-order chi connectivity index (χ1) is 13.0. The van der Waals surface area contributed by atoms with Gasteiger partial charge in [0.2, 0.25) is 0 Å². The zero-order chi connectivity index (χ0) is 19.1. The third-order valence-electron chi connectivity index (χ3n) is 5.04. The van der Waals surface area contributed by atoms with Crippen LogP contribution in [0.25, 0.3) is 10.9 Å². The van der Waals surface area contributed by atoms with Crippen LogP contribution < -0.4 is 4.90 Å². The van der Waals surface area contributed by atoms with Crippen LogP contribution >= 0.6 is 0 Å². The molecule has 0 aliphatic carbocycles. The normalized spacial score (nSPS) is 15.7. The number of benzene rings is 1. The second-order valence-electron chi connectivity index (χ2n) is 7.05. The topological polar surface area (TPSA) is 54.2 Å². The molecule has 1 aliphatic rings. The number of aromatic nitrogens is 3. The predicted octanol–water partition coefficient (Wildman–Crippen LogP) is 3.87. The van der Waals surface area contributed by atoms with Crippen LogP contribution in [0.3, 0.4) is 0 Å². The molecule has 2 aromatic heterocycles. The average molecular weight is 372 g/mol. The summed E-state index contributed by atoms with van der Waals surface area (Å²) in [6, 6.07) is 6.00. The van der Waals surface area contributed by atoms with Crippen LogP contribution in [0.2, 0.25) is 0 Å². The van der Waals surface area contributed by atoms with Crippen molar-refractivity contribution in [3.8, 4) is 0 Å². The first-order valence-electron chi connectivity index (χ1n) is 9.22. The van der Waals surface area contributed by atoms with Crippen molar-refractivity contribution in [3.63, 3.8) is 0 Å². The largest absolute Gasteiger partial charge is 0.387 e. The Hall–Kier alpha value is -2.54. The lowest BCUT2D eigenvalue weighted by Crippen LogP contribution is -2.23. The fourth-order valence-electron chi connectivity index (χ4n) is 3.68. The van der Waals surface area contributed by atoms with Crippen LogP contribution in [0.15, 0.2) is 24.3 Å². The van der Waals surface area contributed by atoms with E-state index in [1.807, 2.05) is 30.7 Å². The molecule has 0 bridgehead atoms. The summed E-state index contributed by atoms with van der Waals surface area (Å²) < 4.78 is 30.1. The number of rotatable bonds is 3. The summed E-state index contributed by atoms with van der Waals surface area (Å²) in [4.78, 5) is 6.37. The highest BCUT2D eigenvalue weighted by Crippen LogP contribution is 2.32. The lowest BCUT2D eigenvalue weighted by molar-refractivity contribution is 0.168. The van der Waals surface area contributed by atoms with Crippen molar-refractivity contribution in [1.82, 2.24) is 14.8 Å². The third-order valence-corrected chi connectivity index (χ3v) is 5.04. The molecule has 0 saturated heterocycles. The van der Waals surface area contributed by atoms with Crippen LogP contribution in [-0.2, 0) is 13.1 Å². The molecule has 0 fully saturated rings. The van der Waals surface area contributed by atoms with Gasteiger partial charge in [0.1, 0.15) is 11.3 Å². The van der Waals surface area contributed by atoms with E-state index in [-0.39, 0.29) is 5.52 Å². The molecular weight excluding hydrogens is 350 g/mol. The van der Waals surface area contributed by atoms with E-state index in [1.54, 1.807) is 0 Å². The lowest BCUT2D eigenvalue weighted by atomic mass is 10.1. The minimum atomic E-state index is -0.650. The van der Waals surface area contributed by atoms with Crippen LogP contribution in [0.4, 0.5) is 14.5 Å². The number of hydrogen-bond donors (Lipinski definition) is 1. The maximum atomic E-state index is 14.3. The van der Waals surface area contributed by atoms with Gasteiger partial charge in [-0.15, -0.1) is 0 Å².